The van der Waals surface area contributed by atoms with E-state index in [1.165, 1.54) is 5.56 Å². The van der Waals surface area contributed by atoms with Crippen LogP contribution in [0.5, 0.6) is 11.5 Å². The second kappa shape index (κ2) is 9.34. The molecule has 0 radical (unpaired) electrons. The Labute approximate surface area is 198 Å². The van der Waals surface area contributed by atoms with Crippen molar-refractivity contribution in [3.63, 3.8) is 0 Å². The van der Waals surface area contributed by atoms with Gasteiger partial charge in [-0.25, -0.2) is 4.79 Å². The van der Waals surface area contributed by atoms with Gasteiger partial charge < -0.3 is 14.2 Å². The van der Waals surface area contributed by atoms with E-state index >= 15 is 0 Å². The SMILES string of the molecule is COc1ccc([C@H]2CC=C(C(=O)Oc3c(C(C)(C)C)cc(C)cc3C(C)(C)C)[C@H]2OC)cc1. The van der Waals surface area contributed by atoms with E-state index in [2.05, 4.69) is 60.6 Å². The molecule has 0 aliphatic heterocycles. The van der Waals surface area contributed by atoms with Gasteiger partial charge in [0.05, 0.1) is 18.8 Å². The van der Waals surface area contributed by atoms with Crippen LogP contribution >= 0.6 is 0 Å². The summed E-state index contributed by atoms with van der Waals surface area (Å²) in [5, 5.41) is 0. The second-order valence-corrected chi connectivity index (χ2v) is 11.0. The molecule has 0 bridgehead atoms. The first-order valence-corrected chi connectivity index (χ1v) is 11.6. The third-order valence-electron chi connectivity index (χ3n) is 6.34. The summed E-state index contributed by atoms with van der Waals surface area (Å²) in [6.45, 7) is 15.0. The van der Waals surface area contributed by atoms with Crippen LogP contribution in [0, 0.1) is 6.92 Å². The van der Waals surface area contributed by atoms with Crippen molar-refractivity contribution < 1.29 is 19.0 Å². The predicted molar refractivity (Wildman–Crippen MR) is 133 cm³/mol. The van der Waals surface area contributed by atoms with Crippen LogP contribution in [0.1, 0.15) is 76.1 Å². The van der Waals surface area contributed by atoms with Gasteiger partial charge in [-0.3, -0.25) is 0 Å². The molecule has 33 heavy (non-hydrogen) atoms. The molecule has 0 unspecified atom stereocenters. The van der Waals surface area contributed by atoms with Crippen LogP contribution in [0.25, 0.3) is 0 Å². The lowest BCUT2D eigenvalue weighted by Gasteiger charge is -2.30. The summed E-state index contributed by atoms with van der Waals surface area (Å²) in [6, 6.07) is 12.2. The average Bonchev–Trinajstić information content (AvgIpc) is 3.17. The van der Waals surface area contributed by atoms with E-state index in [4.69, 9.17) is 14.2 Å². The fourth-order valence-corrected chi connectivity index (χ4v) is 4.51. The number of benzene rings is 2. The highest BCUT2D eigenvalue weighted by Crippen LogP contribution is 2.42. The van der Waals surface area contributed by atoms with Crippen molar-refractivity contribution in [1.82, 2.24) is 0 Å². The van der Waals surface area contributed by atoms with E-state index in [1.54, 1.807) is 14.2 Å². The minimum absolute atomic E-state index is 0.0608. The molecule has 0 aromatic heterocycles. The molecule has 2 aromatic carbocycles. The zero-order valence-corrected chi connectivity index (χ0v) is 21.5. The smallest absolute Gasteiger partial charge is 0.341 e. The predicted octanol–water partition coefficient (Wildman–Crippen LogP) is 6.63. The molecule has 2 atom stereocenters. The number of allylic oxidation sites excluding steroid dienone is 1. The van der Waals surface area contributed by atoms with Crippen LogP contribution in [0.3, 0.4) is 0 Å². The zero-order valence-electron chi connectivity index (χ0n) is 21.5. The Bertz CT molecular complexity index is 998. The highest BCUT2D eigenvalue weighted by molar-refractivity contribution is 5.92. The fraction of sp³-hybridized carbons (Fsp3) is 0.483. The molecule has 0 saturated heterocycles. The highest BCUT2D eigenvalue weighted by atomic mass is 16.5. The summed E-state index contributed by atoms with van der Waals surface area (Å²) in [7, 11) is 3.31. The maximum Gasteiger partial charge on any atom is 0.341 e. The number of methoxy groups -OCH3 is 2. The lowest BCUT2D eigenvalue weighted by atomic mass is 9.78. The monoisotopic (exact) mass is 450 g/mol. The molecular formula is C29H38O4. The van der Waals surface area contributed by atoms with E-state index in [9.17, 15) is 4.79 Å². The van der Waals surface area contributed by atoms with Gasteiger partial charge in [0.1, 0.15) is 11.5 Å². The van der Waals surface area contributed by atoms with Gasteiger partial charge in [0.25, 0.3) is 0 Å². The van der Waals surface area contributed by atoms with Gasteiger partial charge in [-0.05, 0) is 41.9 Å². The van der Waals surface area contributed by atoms with Crippen LogP contribution in [0.2, 0.25) is 0 Å². The van der Waals surface area contributed by atoms with Gasteiger partial charge in [-0.2, -0.15) is 0 Å². The number of ether oxygens (including phenoxy) is 3. The van der Waals surface area contributed by atoms with Crippen molar-refractivity contribution in [2.45, 2.75) is 77.7 Å². The second-order valence-electron chi connectivity index (χ2n) is 11.0. The number of esters is 1. The van der Waals surface area contributed by atoms with Gasteiger partial charge in [0, 0.05) is 24.2 Å². The van der Waals surface area contributed by atoms with Crippen LogP contribution in [0.15, 0.2) is 48.0 Å². The van der Waals surface area contributed by atoms with Crippen molar-refractivity contribution in [1.29, 1.82) is 0 Å². The number of aryl methyl sites for hydroxylation is 1. The summed E-state index contributed by atoms with van der Waals surface area (Å²) < 4.78 is 17.3. The molecule has 1 aliphatic rings. The molecule has 0 fully saturated rings. The van der Waals surface area contributed by atoms with E-state index < -0.39 is 0 Å². The summed E-state index contributed by atoms with van der Waals surface area (Å²) in [5.41, 5.74) is 4.61. The van der Waals surface area contributed by atoms with Crippen LogP contribution in [-0.2, 0) is 20.4 Å². The first-order chi connectivity index (χ1) is 15.4. The van der Waals surface area contributed by atoms with Crippen molar-refractivity contribution in [3.05, 3.63) is 70.3 Å². The molecule has 4 heteroatoms. The largest absolute Gasteiger partial charge is 0.497 e. The topological polar surface area (TPSA) is 44.8 Å². The summed E-state index contributed by atoms with van der Waals surface area (Å²) >= 11 is 0. The molecule has 1 aliphatic carbocycles. The maximum absolute atomic E-state index is 13.5. The minimum Gasteiger partial charge on any atom is -0.497 e. The van der Waals surface area contributed by atoms with E-state index in [0.29, 0.717) is 11.3 Å². The van der Waals surface area contributed by atoms with Gasteiger partial charge >= 0.3 is 5.97 Å². The molecule has 0 spiro atoms. The quantitative estimate of drug-likeness (QED) is 0.379. The Kier molecular flexibility index (Phi) is 7.09. The van der Waals surface area contributed by atoms with Crippen molar-refractivity contribution >= 4 is 5.97 Å². The Balaban J connectivity index is 1.95. The van der Waals surface area contributed by atoms with Crippen molar-refractivity contribution in [3.8, 4) is 11.5 Å². The van der Waals surface area contributed by atoms with Gasteiger partial charge in [-0.15, -0.1) is 0 Å². The summed E-state index contributed by atoms with van der Waals surface area (Å²) in [5.74, 6) is 1.21. The molecule has 0 N–H and O–H groups in total. The summed E-state index contributed by atoms with van der Waals surface area (Å²) in [6.07, 6.45) is 2.33. The molecule has 4 nitrogen and oxygen atoms in total. The third kappa shape index (κ3) is 5.33. The number of rotatable bonds is 5. The Morgan fingerprint density at radius 1 is 0.909 bits per heavy atom. The zero-order chi connectivity index (χ0) is 24.6. The van der Waals surface area contributed by atoms with Gasteiger partial charge in [0.15, 0.2) is 0 Å². The molecule has 178 valence electrons. The Morgan fingerprint density at radius 3 is 1.91 bits per heavy atom. The number of hydrogen-bond acceptors (Lipinski definition) is 4. The van der Waals surface area contributed by atoms with E-state index in [1.807, 2.05) is 30.3 Å². The number of carbonyl (C=O) groups excluding carboxylic acids is 1. The standard InChI is InChI=1S/C29H38O4/c1-18-16-23(28(2,3)4)26(24(17-18)29(5,6)7)33-27(30)22-15-14-21(25(22)32-9)19-10-12-20(31-8)13-11-19/h10-13,15-17,21,25H,14H2,1-9H3/t21-,25+/m1/s1. The normalized spacial score (nSPS) is 18.8. The fourth-order valence-electron chi connectivity index (χ4n) is 4.51. The van der Waals surface area contributed by atoms with Crippen LogP contribution in [0.4, 0.5) is 0 Å². The maximum atomic E-state index is 13.5. The lowest BCUT2D eigenvalue weighted by molar-refractivity contribution is -0.131. The van der Waals surface area contributed by atoms with Crippen LogP contribution < -0.4 is 9.47 Å². The van der Waals surface area contributed by atoms with Crippen molar-refractivity contribution in [2.24, 2.45) is 0 Å². The molecule has 2 aromatic rings. The molecule has 3 rings (SSSR count). The number of hydrogen-bond donors (Lipinski definition) is 0. The molecule has 0 amide bonds. The average molecular weight is 451 g/mol. The Hall–Kier alpha value is -2.59. The lowest BCUT2D eigenvalue weighted by Crippen LogP contribution is -2.28. The van der Waals surface area contributed by atoms with Crippen molar-refractivity contribution in [2.75, 3.05) is 14.2 Å². The van der Waals surface area contributed by atoms with Gasteiger partial charge in [-0.1, -0.05) is 77.4 Å². The molecule has 0 saturated carbocycles. The van der Waals surface area contributed by atoms with Crippen LogP contribution in [-0.4, -0.2) is 26.3 Å². The molecular weight excluding hydrogens is 412 g/mol. The number of carbonyl (C=O) groups is 1. The van der Waals surface area contributed by atoms with E-state index in [-0.39, 0.29) is 28.8 Å². The molecule has 0 heterocycles. The van der Waals surface area contributed by atoms with Gasteiger partial charge in [0.2, 0.25) is 0 Å². The first-order valence-electron chi connectivity index (χ1n) is 11.6. The Morgan fingerprint density at radius 2 is 1.45 bits per heavy atom. The summed E-state index contributed by atoms with van der Waals surface area (Å²) in [4.78, 5) is 13.5. The first kappa shape index (κ1) is 25.0. The third-order valence-corrected chi connectivity index (χ3v) is 6.34. The highest BCUT2D eigenvalue weighted by Gasteiger charge is 2.37. The van der Waals surface area contributed by atoms with E-state index in [0.717, 1.165) is 28.9 Å². The minimum atomic E-state index is -0.354.